The Hall–Kier alpha value is -2.99. The van der Waals surface area contributed by atoms with E-state index in [2.05, 4.69) is 31.0 Å². The van der Waals surface area contributed by atoms with Crippen LogP contribution in [0.3, 0.4) is 0 Å². The summed E-state index contributed by atoms with van der Waals surface area (Å²) in [6.07, 6.45) is 0. The summed E-state index contributed by atoms with van der Waals surface area (Å²) in [6.45, 7) is 2.59. The fraction of sp³-hybridized carbons (Fsp3) is 0.333. The average molecular weight is 394 g/mol. The van der Waals surface area contributed by atoms with Gasteiger partial charge in [0.1, 0.15) is 0 Å². The van der Waals surface area contributed by atoms with Gasteiger partial charge in [-0.1, -0.05) is 0 Å². The summed E-state index contributed by atoms with van der Waals surface area (Å²) in [5.74, 6) is -2.27. The molecule has 1 atom stereocenters. The maximum Gasteiger partial charge on any atom is 0.268 e. The fourth-order valence-corrected chi connectivity index (χ4v) is 3.63. The molecule has 2 aromatic rings. The first-order valence-corrected chi connectivity index (χ1v) is 9.33. The van der Waals surface area contributed by atoms with Gasteiger partial charge < -0.3 is 10.4 Å². The van der Waals surface area contributed by atoms with Crippen LogP contribution >= 0.6 is 0 Å². The van der Waals surface area contributed by atoms with Crippen molar-refractivity contribution in [1.29, 1.82) is 0 Å². The number of anilines is 1. The van der Waals surface area contributed by atoms with Crippen molar-refractivity contribution in [2.45, 2.75) is 24.3 Å². The SMILES string of the molecule is CNC(=O)c1ccc(S(=O)(=O)C[C@](C)(O)C(=O)Nc2nnc(C)nn2)cc1. The van der Waals surface area contributed by atoms with E-state index >= 15 is 0 Å². The first-order valence-electron chi connectivity index (χ1n) is 7.68. The second kappa shape index (κ2) is 7.72. The van der Waals surface area contributed by atoms with Crippen LogP contribution < -0.4 is 10.6 Å². The van der Waals surface area contributed by atoms with E-state index < -0.39 is 27.1 Å². The zero-order valence-electron chi connectivity index (χ0n) is 14.8. The van der Waals surface area contributed by atoms with E-state index in [1.165, 1.54) is 31.3 Å². The van der Waals surface area contributed by atoms with E-state index in [4.69, 9.17) is 0 Å². The van der Waals surface area contributed by atoms with Crippen LogP contribution in [0.5, 0.6) is 0 Å². The van der Waals surface area contributed by atoms with Crippen LogP contribution in [-0.2, 0) is 14.6 Å². The third-order valence-electron chi connectivity index (χ3n) is 3.47. The lowest BCUT2D eigenvalue weighted by atomic mass is 10.1. The number of amides is 2. The molecule has 1 aromatic carbocycles. The lowest BCUT2D eigenvalue weighted by Gasteiger charge is -2.21. The number of nitrogens with one attached hydrogen (secondary N) is 2. The number of aliphatic hydroxyl groups is 1. The summed E-state index contributed by atoms with van der Waals surface area (Å²) < 4.78 is 25.0. The Morgan fingerprint density at radius 2 is 1.67 bits per heavy atom. The van der Waals surface area contributed by atoms with Crippen LogP contribution in [0.4, 0.5) is 5.95 Å². The molecule has 0 spiro atoms. The summed E-state index contributed by atoms with van der Waals surface area (Å²) in [6, 6.07) is 5.12. The van der Waals surface area contributed by atoms with E-state index in [1.807, 2.05) is 0 Å². The molecule has 1 heterocycles. The standard InChI is InChI=1S/C15H18N6O5S/c1-9-18-20-14(21-19-9)17-13(23)15(2,24)8-27(25,26)11-6-4-10(5-7-11)12(22)16-3/h4-7,24H,8H2,1-3H3,(H,16,22)(H,17,20,21,23)/t15-/m0/s1. The minimum absolute atomic E-state index is 0.141. The number of rotatable bonds is 6. The molecule has 11 nitrogen and oxygen atoms in total. The highest BCUT2D eigenvalue weighted by Gasteiger charge is 2.37. The minimum atomic E-state index is -4.03. The maximum atomic E-state index is 12.5. The van der Waals surface area contributed by atoms with Gasteiger partial charge in [-0.25, -0.2) is 8.42 Å². The summed E-state index contributed by atoms with van der Waals surface area (Å²) in [5.41, 5.74) is -2.00. The molecule has 0 aliphatic rings. The highest BCUT2D eigenvalue weighted by molar-refractivity contribution is 7.91. The van der Waals surface area contributed by atoms with Gasteiger partial charge in [-0.05, 0) is 38.1 Å². The minimum Gasteiger partial charge on any atom is -0.379 e. The summed E-state index contributed by atoms with van der Waals surface area (Å²) >= 11 is 0. The van der Waals surface area contributed by atoms with Gasteiger partial charge in [0, 0.05) is 12.6 Å². The van der Waals surface area contributed by atoms with Gasteiger partial charge in [0.15, 0.2) is 21.3 Å². The lowest BCUT2D eigenvalue weighted by molar-refractivity contribution is -0.130. The van der Waals surface area contributed by atoms with Crippen LogP contribution in [0.15, 0.2) is 29.2 Å². The van der Waals surface area contributed by atoms with Crippen LogP contribution in [0.2, 0.25) is 0 Å². The van der Waals surface area contributed by atoms with Crippen molar-refractivity contribution in [1.82, 2.24) is 25.7 Å². The molecular formula is C15H18N6O5S. The highest BCUT2D eigenvalue weighted by atomic mass is 32.2. The highest BCUT2D eigenvalue weighted by Crippen LogP contribution is 2.18. The predicted molar refractivity (Wildman–Crippen MR) is 93.5 cm³/mol. The molecule has 0 fully saturated rings. The second-order valence-electron chi connectivity index (χ2n) is 5.86. The quantitative estimate of drug-likeness (QED) is 0.563. The van der Waals surface area contributed by atoms with Gasteiger partial charge in [-0.3, -0.25) is 14.9 Å². The number of carbonyl (C=O) groups is 2. The predicted octanol–water partition coefficient (Wildman–Crippen LogP) is -0.902. The zero-order chi connectivity index (χ0) is 20.2. The molecule has 1 aromatic heterocycles. The summed E-state index contributed by atoms with van der Waals surface area (Å²) in [5, 5.41) is 29.2. The van der Waals surface area contributed by atoms with Crippen molar-refractivity contribution in [3.05, 3.63) is 35.7 Å². The molecule has 2 rings (SSSR count). The van der Waals surface area contributed by atoms with Crippen LogP contribution in [0.25, 0.3) is 0 Å². The Kier molecular flexibility index (Phi) is 5.81. The van der Waals surface area contributed by atoms with Gasteiger partial charge in [0.05, 0.1) is 10.6 Å². The van der Waals surface area contributed by atoms with Crippen molar-refractivity contribution in [2.24, 2.45) is 0 Å². The molecule has 3 N–H and O–H groups in total. The molecule has 0 aliphatic carbocycles. The fourth-order valence-electron chi connectivity index (χ4n) is 2.04. The van der Waals surface area contributed by atoms with E-state index in [-0.39, 0.29) is 28.1 Å². The second-order valence-corrected chi connectivity index (χ2v) is 7.85. The van der Waals surface area contributed by atoms with Crippen LogP contribution in [0, 0.1) is 6.92 Å². The molecule has 144 valence electrons. The van der Waals surface area contributed by atoms with Crippen molar-refractivity contribution in [3.8, 4) is 0 Å². The Labute approximate surface area is 155 Å². The van der Waals surface area contributed by atoms with Crippen LogP contribution in [-0.4, -0.2) is 64.1 Å². The van der Waals surface area contributed by atoms with E-state index in [0.717, 1.165) is 6.92 Å². The first-order chi connectivity index (χ1) is 12.5. The topological polar surface area (TPSA) is 164 Å². The third kappa shape index (κ3) is 5.01. The molecule has 0 saturated heterocycles. The maximum absolute atomic E-state index is 12.5. The molecule has 0 aliphatic heterocycles. The van der Waals surface area contributed by atoms with Gasteiger partial charge in [-0.2, -0.15) is 0 Å². The van der Waals surface area contributed by atoms with Gasteiger partial charge in [-0.15, -0.1) is 20.4 Å². The monoisotopic (exact) mass is 394 g/mol. The van der Waals surface area contributed by atoms with E-state index in [1.54, 1.807) is 6.92 Å². The molecule has 12 heteroatoms. The van der Waals surface area contributed by atoms with Gasteiger partial charge in [0.25, 0.3) is 17.8 Å². The van der Waals surface area contributed by atoms with Gasteiger partial charge in [0.2, 0.25) is 0 Å². The number of nitrogens with zero attached hydrogens (tertiary/aromatic N) is 4. The smallest absolute Gasteiger partial charge is 0.268 e. The normalized spacial score (nSPS) is 13.5. The molecular weight excluding hydrogens is 376 g/mol. The molecule has 27 heavy (non-hydrogen) atoms. The van der Waals surface area contributed by atoms with Gasteiger partial charge >= 0.3 is 0 Å². The largest absolute Gasteiger partial charge is 0.379 e. The summed E-state index contributed by atoms with van der Waals surface area (Å²) in [4.78, 5) is 23.6. The Morgan fingerprint density at radius 1 is 1.11 bits per heavy atom. The van der Waals surface area contributed by atoms with Crippen molar-refractivity contribution >= 4 is 27.6 Å². The van der Waals surface area contributed by atoms with Crippen molar-refractivity contribution < 1.29 is 23.1 Å². The number of aromatic nitrogens is 4. The van der Waals surface area contributed by atoms with Crippen LogP contribution in [0.1, 0.15) is 23.1 Å². The number of hydrogen-bond acceptors (Lipinski definition) is 9. The number of hydrogen-bond donors (Lipinski definition) is 3. The lowest BCUT2D eigenvalue weighted by Crippen LogP contribution is -2.46. The zero-order valence-corrected chi connectivity index (χ0v) is 15.6. The summed E-state index contributed by atoms with van der Waals surface area (Å²) in [7, 11) is -2.58. The first kappa shape index (κ1) is 20.3. The molecule has 2 amide bonds. The van der Waals surface area contributed by atoms with E-state index in [0.29, 0.717) is 0 Å². The number of carbonyl (C=O) groups excluding carboxylic acids is 2. The Bertz CT molecular complexity index is 942. The number of benzene rings is 1. The molecule has 0 radical (unpaired) electrons. The molecule has 0 bridgehead atoms. The Balaban J connectivity index is 2.15. The number of aryl methyl sites for hydroxylation is 1. The Morgan fingerprint density at radius 3 is 2.19 bits per heavy atom. The molecule has 0 saturated carbocycles. The number of sulfone groups is 1. The van der Waals surface area contributed by atoms with Crippen molar-refractivity contribution in [3.63, 3.8) is 0 Å². The average Bonchev–Trinajstić information content (AvgIpc) is 2.62. The third-order valence-corrected chi connectivity index (χ3v) is 5.40. The molecule has 0 unspecified atom stereocenters. The van der Waals surface area contributed by atoms with E-state index in [9.17, 15) is 23.1 Å². The van der Waals surface area contributed by atoms with Crippen molar-refractivity contribution in [2.75, 3.05) is 18.1 Å².